The van der Waals surface area contributed by atoms with E-state index in [9.17, 15) is 0 Å². The van der Waals surface area contributed by atoms with E-state index >= 15 is 0 Å². The summed E-state index contributed by atoms with van der Waals surface area (Å²) in [6.07, 6.45) is 3.90. The van der Waals surface area contributed by atoms with E-state index in [0.29, 0.717) is 5.92 Å². The Morgan fingerprint density at radius 3 is 2.71 bits per heavy atom. The van der Waals surface area contributed by atoms with E-state index in [-0.39, 0.29) is 0 Å². The maximum Gasteiger partial charge on any atom is 0.0992 e. The van der Waals surface area contributed by atoms with Gasteiger partial charge in [-0.1, -0.05) is 13.0 Å². The molecule has 0 saturated heterocycles. The minimum atomic E-state index is 0.300. The molecule has 0 N–H and O–H groups in total. The highest BCUT2D eigenvalue weighted by Crippen LogP contribution is 2.24. The maximum atomic E-state index is 8.85. The Morgan fingerprint density at radius 2 is 2.21 bits per heavy atom. The van der Waals surface area contributed by atoms with Crippen molar-refractivity contribution in [2.75, 3.05) is 6.26 Å². The number of allylic oxidation sites excluding steroid dienone is 1. The first-order valence-electron chi connectivity index (χ1n) is 4.43. The van der Waals surface area contributed by atoms with Crippen LogP contribution in [0.15, 0.2) is 35.7 Å². The van der Waals surface area contributed by atoms with Gasteiger partial charge in [-0.2, -0.15) is 5.26 Å². The summed E-state index contributed by atoms with van der Waals surface area (Å²) in [6, 6.07) is 8.11. The van der Waals surface area contributed by atoms with Crippen molar-refractivity contribution < 1.29 is 0 Å². The van der Waals surface area contributed by atoms with Crippen LogP contribution in [0.5, 0.6) is 0 Å². The molecule has 0 heterocycles. The highest BCUT2D eigenvalue weighted by Gasteiger charge is 2.04. The van der Waals surface area contributed by atoms with Crippen LogP contribution in [0, 0.1) is 11.3 Å². The quantitative estimate of drug-likeness (QED) is 0.554. The highest BCUT2D eigenvalue weighted by molar-refractivity contribution is 7.98. The number of nitriles is 1. The molecule has 0 aromatic heterocycles. The lowest BCUT2D eigenvalue weighted by atomic mass is 10.00. The molecule has 0 spiro atoms. The SMILES string of the molecule is C=CC(C)c1cc(C#N)cc(SC)c1. The molecule has 0 aliphatic carbocycles. The zero-order valence-electron chi connectivity index (χ0n) is 8.45. The fraction of sp³-hybridized carbons (Fsp3) is 0.250. The predicted octanol–water partition coefficient (Wildman–Crippen LogP) is 3.57. The van der Waals surface area contributed by atoms with E-state index in [0.717, 1.165) is 16.0 Å². The summed E-state index contributed by atoms with van der Waals surface area (Å²) in [7, 11) is 0. The molecular formula is C12H13NS. The predicted molar refractivity (Wildman–Crippen MR) is 61.6 cm³/mol. The van der Waals surface area contributed by atoms with Gasteiger partial charge in [0.05, 0.1) is 11.6 Å². The van der Waals surface area contributed by atoms with Crippen molar-refractivity contribution in [3.05, 3.63) is 42.0 Å². The average molecular weight is 203 g/mol. The van der Waals surface area contributed by atoms with Crippen molar-refractivity contribution >= 4 is 11.8 Å². The Morgan fingerprint density at radius 1 is 1.50 bits per heavy atom. The standard InChI is InChI=1S/C12H13NS/c1-4-9(2)11-5-10(8-13)6-12(7-11)14-3/h4-7,9H,1H2,2-3H3. The highest BCUT2D eigenvalue weighted by atomic mass is 32.2. The van der Waals surface area contributed by atoms with E-state index in [2.05, 4.69) is 25.6 Å². The molecule has 72 valence electrons. The summed E-state index contributed by atoms with van der Waals surface area (Å²) in [4.78, 5) is 1.13. The van der Waals surface area contributed by atoms with Gasteiger partial charge in [-0.3, -0.25) is 0 Å². The number of hydrogen-bond acceptors (Lipinski definition) is 2. The lowest BCUT2D eigenvalue weighted by Crippen LogP contribution is -1.90. The van der Waals surface area contributed by atoms with Gasteiger partial charge in [0, 0.05) is 4.90 Å². The molecule has 0 aliphatic rings. The average Bonchev–Trinajstić information content (AvgIpc) is 2.27. The second-order valence-corrected chi connectivity index (χ2v) is 4.01. The van der Waals surface area contributed by atoms with Gasteiger partial charge in [0.2, 0.25) is 0 Å². The first-order valence-corrected chi connectivity index (χ1v) is 5.65. The Balaban J connectivity index is 3.18. The monoisotopic (exact) mass is 203 g/mol. The zero-order chi connectivity index (χ0) is 10.6. The molecule has 0 bridgehead atoms. The van der Waals surface area contributed by atoms with Gasteiger partial charge in [-0.15, -0.1) is 18.3 Å². The molecule has 1 nitrogen and oxygen atoms in total. The Bertz CT molecular complexity index is 376. The molecule has 1 aromatic rings. The number of benzene rings is 1. The number of rotatable bonds is 3. The topological polar surface area (TPSA) is 23.8 Å². The van der Waals surface area contributed by atoms with Crippen LogP contribution in [0.3, 0.4) is 0 Å². The van der Waals surface area contributed by atoms with Crippen molar-refractivity contribution in [1.82, 2.24) is 0 Å². The van der Waals surface area contributed by atoms with Crippen molar-refractivity contribution in [1.29, 1.82) is 5.26 Å². The lowest BCUT2D eigenvalue weighted by Gasteiger charge is -2.08. The Hall–Kier alpha value is -1.20. The summed E-state index contributed by atoms with van der Waals surface area (Å²) in [6.45, 7) is 5.84. The van der Waals surface area contributed by atoms with Gasteiger partial charge in [0.25, 0.3) is 0 Å². The van der Waals surface area contributed by atoms with Crippen LogP contribution in [-0.4, -0.2) is 6.26 Å². The summed E-state index contributed by atoms with van der Waals surface area (Å²) in [5.41, 5.74) is 1.88. The molecule has 1 atom stereocenters. The van der Waals surface area contributed by atoms with Crippen LogP contribution in [0.4, 0.5) is 0 Å². The summed E-state index contributed by atoms with van der Waals surface area (Å²) in [5, 5.41) is 8.85. The molecule has 2 heteroatoms. The van der Waals surface area contributed by atoms with Crippen LogP contribution >= 0.6 is 11.8 Å². The summed E-state index contributed by atoms with van der Waals surface area (Å²) in [5.74, 6) is 0.300. The van der Waals surface area contributed by atoms with E-state index in [1.165, 1.54) is 0 Å². The number of nitrogens with zero attached hydrogens (tertiary/aromatic N) is 1. The molecule has 1 rings (SSSR count). The molecule has 0 aliphatic heterocycles. The number of thioether (sulfide) groups is 1. The largest absolute Gasteiger partial charge is 0.192 e. The molecule has 0 radical (unpaired) electrons. The van der Waals surface area contributed by atoms with E-state index in [4.69, 9.17) is 5.26 Å². The van der Waals surface area contributed by atoms with E-state index in [1.807, 2.05) is 24.5 Å². The van der Waals surface area contributed by atoms with Gasteiger partial charge in [0.15, 0.2) is 0 Å². The number of hydrogen-bond donors (Lipinski definition) is 0. The first kappa shape index (κ1) is 10.9. The third kappa shape index (κ3) is 2.40. The minimum Gasteiger partial charge on any atom is -0.192 e. The van der Waals surface area contributed by atoms with Crippen molar-refractivity contribution in [3.63, 3.8) is 0 Å². The molecule has 0 amide bonds. The molecule has 0 fully saturated rings. The second kappa shape index (κ2) is 4.88. The first-order chi connectivity index (χ1) is 6.71. The van der Waals surface area contributed by atoms with Gasteiger partial charge >= 0.3 is 0 Å². The Labute approximate surface area is 89.4 Å². The molecule has 1 aromatic carbocycles. The fourth-order valence-electron chi connectivity index (χ4n) is 1.20. The molecule has 0 saturated carbocycles. The second-order valence-electron chi connectivity index (χ2n) is 3.13. The summed E-state index contributed by atoms with van der Waals surface area (Å²) < 4.78 is 0. The van der Waals surface area contributed by atoms with E-state index < -0.39 is 0 Å². The molecule has 1 unspecified atom stereocenters. The summed E-state index contributed by atoms with van der Waals surface area (Å²) >= 11 is 1.65. The fourth-order valence-corrected chi connectivity index (χ4v) is 1.70. The van der Waals surface area contributed by atoms with Crippen molar-refractivity contribution in [2.24, 2.45) is 0 Å². The Kier molecular flexibility index (Phi) is 3.79. The van der Waals surface area contributed by atoms with Gasteiger partial charge in [-0.25, -0.2) is 0 Å². The van der Waals surface area contributed by atoms with Crippen LogP contribution < -0.4 is 0 Å². The smallest absolute Gasteiger partial charge is 0.0992 e. The molecule has 14 heavy (non-hydrogen) atoms. The minimum absolute atomic E-state index is 0.300. The third-order valence-corrected chi connectivity index (χ3v) is 2.88. The maximum absolute atomic E-state index is 8.85. The van der Waals surface area contributed by atoms with Crippen LogP contribution in [-0.2, 0) is 0 Å². The molecular weight excluding hydrogens is 190 g/mol. The van der Waals surface area contributed by atoms with Crippen molar-refractivity contribution in [2.45, 2.75) is 17.7 Å². The van der Waals surface area contributed by atoms with Gasteiger partial charge in [0.1, 0.15) is 0 Å². The third-order valence-electron chi connectivity index (χ3n) is 2.17. The van der Waals surface area contributed by atoms with Crippen LogP contribution in [0.25, 0.3) is 0 Å². The van der Waals surface area contributed by atoms with Gasteiger partial charge < -0.3 is 0 Å². The van der Waals surface area contributed by atoms with Gasteiger partial charge in [-0.05, 0) is 35.9 Å². The van der Waals surface area contributed by atoms with Crippen LogP contribution in [0.2, 0.25) is 0 Å². The van der Waals surface area contributed by atoms with Crippen molar-refractivity contribution in [3.8, 4) is 6.07 Å². The lowest BCUT2D eigenvalue weighted by molar-refractivity contribution is 0.962. The van der Waals surface area contributed by atoms with E-state index in [1.54, 1.807) is 11.8 Å². The zero-order valence-corrected chi connectivity index (χ0v) is 9.27. The normalized spacial score (nSPS) is 11.8. The van der Waals surface area contributed by atoms with Crippen LogP contribution in [0.1, 0.15) is 24.0 Å².